The van der Waals surface area contributed by atoms with Gasteiger partial charge in [-0.1, -0.05) is 30.3 Å². The number of hydrogen-bond donors (Lipinski definition) is 3. The van der Waals surface area contributed by atoms with Gasteiger partial charge in [0.15, 0.2) is 0 Å². The molecule has 3 N–H and O–H groups in total. The molecule has 2 aliphatic heterocycles. The van der Waals surface area contributed by atoms with Gasteiger partial charge in [-0.15, -0.1) is 11.3 Å². The average molecular weight is 502 g/mol. The lowest BCUT2D eigenvalue weighted by atomic mass is 10.1. The van der Waals surface area contributed by atoms with E-state index < -0.39 is 0 Å². The second kappa shape index (κ2) is 9.91. The van der Waals surface area contributed by atoms with Crippen molar-refractivity contribution in [3.05, 3.63) is 64.4 Å². The van der Waals surface area contributed by atoms with Crippen LogP contribution in [0.4, 0.5) is 17.5 Å². The van der Waals surface area contributed by atoms with E-state index in [0.717, 1.165) is 62.3 Å². The van der Waals surface area contributed by atoms with E-state index in [1.165, 1.54) is 22.6 Å². The first-order valence-corrected chi connectivity index (χ1v) is 13.5. The maximum absolute atomic E-state index is 13.5. The van der Waals surface area contributed by atoms with E-state index in [-0.39, 0.29) is 11.6 Å². The van der Waals surface area contributed by atoms with Crippen molar-refractivity contribution in [2.24, 2.45) is 0 Å². The summed E-state index contributed by atoms with van der Waals surface area (Å²) >= 11 is 1.53. The van der Waals surface area contributed by atoms with Gasteiger partial charge in [-0.3, -0.25) is 9.78 Å². The second-order valence-corrected chi connectivity index (χ2v) is 10.6. The number of rotatable bonds is 5. The van der Waals surface area contributed by atoms with E-state index in [1.807, 2.05) is 24.3 Å². The molecule has 0 spiro atoms. The number of aromatic amines is 1. The maximum Gasteiger partial charge on any atom is 0.264 e. The topological polar surface area (TPSA) is 89.2 Å². The van der Waals surface area contributed by atoms with E-state index in [1.54, 1.807) is 0 Å². The average Bonchev–Trinajstić information content (AvgIpc) is 3.33. The van der Waals surface area contributed by atoms with E-state index in [2.05, 4.69) is 56.6 Å². The summed E-state index contributed by atoms with van der Waals surface area (Å²) in [5.74, 6) is 1.25. The number of piperidine rings is 1. The Labute approximate surface area is 214 Å². The van der Waals surface area contributed by atoms with Crippen LogP contribution < -0.4 is 26.0 Å². The number of para-hydroxylation sites is 2. The molecule has 0 aliphatic carbocycles. The Bertz CT molecular complexity index is 1380. The van der Waals surface area contributed by atoms with E-state index >= 15 is 0 Å². The Hall–Kier alpha value is -3.43. The van der Waals surface area contributed by atoms with E-state index in [4.69, 9.17) is 9.97 Å². The van der Waals surface area contributed by atoms with Gasteiger partial charge in [-0.25, -0.2) is 4.98 Å². The number of piperazine rings is 1. The van der Waals surface area contributed by atoms with Crippen LogP contribution in [-0.2, 0) is 0 Å². The Kier molecular flexibility index (Phi) is 6.33. The normalized spacial score (nSPS) is 18.5. The van der Waals surface area contributed by atoms with Crippen molar-refractivity contribution in [1.82, 2.24) is 20.3 Å². The lowest BCUT2D eigenvalue weighted by Crippen LogP contribution is -2.48. The summed E-state index contributed by atoms with van der Waals surface area (Å²) in [6.45, 7) is 7.39. The molecule has 0 saturated carbocycles. The number of H-pyrrole nitrogens is 1. The quantitative estimate of drug-likeness (QED) is 0.383. The number of anilines is 3. The van der Waals surface area contributed by atoms with E-state index in [9.17, 15) is 4.79 Å². The number of aryl methyl sites for hydroxylation is 1. The van der Waals surface area contributed by atoms with Gasteiger partial charge in [-0.05, 0) is 50.1 Å². The molecule has 0 radical (unpaired) electrons. The van der Waals surface area contributed by atoms with Crippen LogP contribution in [0.5, 0.6) is 0 Å². The van der Waals surface area contributed by atoms with Gasteiger partial charge in [0.05, 0.1) is 10.2 Å². The van der Waals surface area contributed by atoms with Crippen molar-refractivity contribution < 1.29 is 0 Å². The molecule has 8 nitrogen and oxygen atoms in total. The smallest absolute Gasteiger partial charge is 0.264 e. The predicted octanol–water partition coefficient (Wildman–Crippen LogP) is 3.85. The monoisotopic (exact) mass is 501 g/mol. The largest absolute Gasteiger partial charge is 0.368 e. The molecule has 36 heavy (non-hydrogen) atoms. The van der Waals surface area contributed by atoms with Gasteiger partial charge in [0.2, 0.25) is 5.95 Å². The minimum atomic E-state index is -0.147. The number of fused-ring (bicyclic) bond motifs is 1. The molecule has 0 amide bonds. The summed E-state index contributed by atoms with van der Waals surface area (Å²) in [5.41, 5.74) is 3.84. The molecule has 4 aromatic rings. The minimum absolute atomic E-state index is 0.147. The van der Waals surface area contributed by atoms with Crippen molar-refractivity contribution in [3.8, 4) is 10.6 Å². The molecule has 2 saturated heterocycles. The molecule has 6 rings (SSSR count). The van der Waals surface area contributed by atoms with Crippen LogP contribution in [0.3, 0.4) is 0 Å². The van der Waals surface area contributed by atoms with Crippen LogP contribution in [-0.4, -0.2) is 60.3 Å². The fraction of sp³-hybridized carbons (Fsp3) is 0.370. The third-order valence-corrected chi connectivity index (χ3v) is 8.14. The fourth-order valence-electron chi connectivity index (χ4n) is 5.14. The molecular weight excluding hydrogens is 470 g/mol. The van der Waals surface area contributed by atoms with Gasteiger partial charge < -0.3 is 20.4 Å². The zero-order valence-electron chi connectivity index (χ0n) is 20.5. The second-order valence-electron chi connectivity index (χ2n) is 9.55. The summed E-state index contributed by atoms with van der Waals surface area (Å²) < 4.78 is 1.06. The summed E-state index contributed by atoms with van der Waals surface area (Å²) in [4.78, 5) is 31.0. The van der Waals surface area contributed by atoms with Gasteiger partial charge in [0.1, 0.15) is 16.4 Å². The Morgan fingerprint density at radius 1 is 1.00 bits per heavy atom. The fourth-order valence-corrected chi connectivity index (χ4v) is 6.15. The molecule has 2 fully saturated rings. The van der Waals surface area contributed by atoms with Crippen molar-refractivity contribution in [1.29, 1.82) is 0 Å². The molecule has 2 aliphatic rings. The lowest BCUT2D eigenvalue weighted by molar-refractivity contribution is 0.479. The highest BCUT2D eigenvalue weighted by Crippen LogP contribution is 2.33. The highest BCUT2D eigenvalue weighted by atomic mass is 32.1. The Morgan fingerprint density at radius 2 is 1.78 bits per heavy atom. The molecule has 0 bridgehead atoms. The number of thiazole rings is 1. The first-order chi connectivity index (χ1) is 17.7. The molecular formula is C27H31N7OS. The molecule has 2 aromatic heterocycles. The zero-order chi connectivity index (χ0) is 24.5. The van der Waals surface area contributed by atoms with Crippen LogP contribution in [0, 0.1) is 6.92 Å². The van der Waals surface area contributed by atoms with E-state index in [0.29, 0.717) is 22.3 Å². The Morgan fingerprint density at radius 3 is 2.56 bits per heavy atom. The molecule has 186 valence electrons. The van der Waals surface area contributed by atoms with Crippen molar-refractivity contribution in [2.75, 3.05) is 54.4 Å². The standard InChI is InChI=1S/C27H31N7OS/c1-18-7-2-4-10-21(18)33-13-15-34(16-14-33)27-31-24(29-19-8-6-12-28-17-19)23(25(35)32-27)26-30-20-9-3-5-11-22(20)36-26/h2-5,7,9-11,19,28H,6,8,12-17H2,1H3,(H2,29,31,32,35)/t19-/m1/s1. The number of nitrogens with zero attached hydrogens (tertiary/aromatic N) is 4. The summed E-state index contributed by atoms with van der Waals surface area (Å²) in [6.07, 6.45) is 2.15. The molecule has 9 heteroatoms. The molecule has 2 aromatic carbocycles. The summed E-state index contributed by atoms with van der Waals surface area (Å²) in [5, 5.41) is 7.74. The van der Waals surface area contributed by atoms with Gasteiger partial charge in [-0.2, -0.15) is 4.98 Å². The SMILES string of the molecule is Cc1ccccc1N1CCN(c2nc(N[C@@H]3CCCNC3)c(-c3nc4ccccc4s3)c(=O)[nH]2)CC1. The van der Waals surface area contributed by atoms with Crippen LogP contribution in [0.15, 0.2) is 53.3 Å². The third-order valence-electron chi connectivity index (χ3n) is 7.09. The highest BCUT2D eigenvalue weighted by molar-refractivity contribution is 7.21. The first-order valence-electron chi connectivity index (χ1n) is 12.7. The lowest BCUT2D eigenvalue weighted by Gasteiger charge is -2.37. The van der Waals surface area contributed by atoms with Crippen molar-refractivity contribution in [3.63, 3.8) is 0 Å². The van der Waals surface area contributed by atoms with Crippen LogP contribution in [0.2, 0.25) is 0 Å². The number of hydrogen-bond acceptors (Lipinski definition) is 8. The molecule has 0 unspecified atom stereocenters. The van der Waals surface area contributed by atoms with Gasteiger partial charge in [0.25, 0.3) is 5.56 Å². The third kappa shape index (κ3) is 4.56. The van der Waals surface area contributed by atoms with Gasteiger partial charge in [0, 0.05) is 44.5 Å². The maximum atomic E-state index is 13.5. The van der Waals surface area contributed by atoms with Crippen molar-refractivity contribution >= 4 is 39.0 Å². The van der Waals surface area contributed by atoms with Gasteiger partial charge >= 0.3 is 0 Å². The molecule has 1 atom stereocenters. The Balaban J connectivity index is 1.31. The first kappa shape index (κ1) is 23.0. The summed E-state index contributed by atoms with van der Waals surface area (Å²) in [7, 11) is 0. The molecule has 4 heterocycles. The van der Waals surface area contributed by atoms with Crippen LogP contribution >= 0.6 is 11.3 Å². The highest BCUT2D eigenvalue weighted by Gasteiger charge is 2.25. The zero-order valence-corrected chi connectivity index (χ0v) is 21.3. The predicted molar refractivity (Wildman–Crippen MR) is 149 cm³/mol. The minimum Gasteiger partial charge on any atom is -0.368 e. The van der Waals surface area contributed by atoms with Crippen molar-refractivity contribution in [2.45, 2.75) is 25.8 Å². The van der Waals surface area contributed by atoms with Crippen LogP contribution in [0.1, 0.15) is 18.4 Å². The summed E-state index contributed by atoms with van der Waals surface area (Å²) in [6, 6.07) is 16.7. The number of benzene rings is 2. The number of aromatic nitrogens is 3. The van der Waals surface area contributed by atoms with Crippen LogP contribution in [0.25, 0.3) is 20.8 Å². The number of nitrogens with one attached hydrogen (secondary N) is 3.